The van der Waals surface area contributed by atoms with Crippen molar-refractivity contribution in [3.63, 3.8) is 0 Å². The van der Waals surface area contributed by atoms with E-state index in [1.54, 1.807) is 13.8 Å². The van der Waals surface area contributed by atoms with E-state index in [4.69, 9.17) is 24.5 Å². The van der Waals surface area contributed by atoms with Gasteiger partial charge in [-0.3, -0.25) is 38.3 Å². The van der Waals surface area contributed by atoms with Crippen LogP contribution in [0.1, 0.15) is 170 Å². The second kappa shape index (κ2) is 20.5. The van der Waals surface area contributed by atoms with Crippen LogP contribution in [0.15, 0.2) is 20.9 Å². The minimum Gasteiger partial charge on any atom is -0.481 e. The number of amides is 1. The maximum Gasteiger partial charge on any atom is 0.330 e. The molecule has 2 heterocycles. The van der Waals surface area contributed by atoms with Crippen molar-refractivity contribution in [1.82, 2.24) is 14.9 Å². The van der Waals surface area contributed by atoms with Gasteiger partial charge in [-0.05, 0) is 149 Å². The topological polar surface area (TPSA) is 278 Å². The third kappa shape index (κ3) is 10.1. The number of nitrogens with zero attached hydrogens (tertiary/aromatic N) is 4. The van der Waals surface area contributed by atoms with E-state index in [2.05, 4.69) is 68.8 Å². The van der Waals surface area contributed by atoms with Gasteiger partial charge in [-0.15, -0.1) is 0 Å². The van der Waals surface area contributed by atoms with E-state index in [1.807, 2.05) is 0 Å². The molecule has 6 aliphatic rings. The number of aromatic nitrogens is 2. The summed E-state index contributed by atoms with van der Waals surface area (Å²) in [6, 6.07) is -1.04. The molecule has 5 saturated carbocycles. The number of hydrogen-bond donors (Lipinski definition) is 4. The number of aryl methyl sites for hydroxylation is 1. The number of azide groups is 1. The molecule has 0 aromatic carbocycles. The molecule has 5 aliphatic carbocycles. The van der Waals surface area contributed by atoms with E-state index in [-0.39, 0.29) is 76.8 Å². The summed E-state index contributed by atoms with van der Waals surface area (Å²) < 4.78 is 24.3. The summed E-state index contributed by atoms with van der Waals surface area (Å²) in [4.78, 5) is 93.1. The van der Waals surface area contributed by atoms with Gasteiger partial charge in [0.2, 0.25) is 12.2 Å². The van der Waals surface area contributed by atoms with Gasteiger partial charge in [0.05, 0.1) is 24.5 Å². The van der Waals surface area contributed by atoms with Crippen LogP contribution in [0.3, 0.4) is 0 Å². The van der Waals surface area contributed by atoms with Crippen LogP contribution in [-0.2, 0) is 42.9 Å². The Balaban J connectivity index is 0.928. The first-order valence-electron chi connectivity index (χ1n) is 26.4. The normalized spacial score (nSPS) is 36.1. The lowest BCUT2D eigenvalue weighted by molar-refractivity contribution is -0.253. The fourth-order valence-electron chi connectivity index (χ4n) is 15.8. The van der Waals surface area contributed by atoms with Crippen LogP contribution in [0.2, 0.25) is 0 Å². The first-order chi connectivity index (χ1) is 33.6. The van der Waals surface area contributed by atoms with Crippen molar-refractivity contribution < 1.29 is 53.1 Å². The molecule has 19 heteroatoms. The largest absolute Gasteiger partial charge is 0.481 e. The summed E-state index contributed by atoms with van der Waals surface area (Å²) in [7, 11) is 0. The lowest BCUT2D eigenvalue weighted by Crippen LogP contribution is -2.67. The summed E-state index contributed by atoms with van der Waals surface area (Å²) in [5, 5.41) is 26.4. The number of carbonyl (C=O) groups is 5. The van der Waals surface area contributed by atoms with Crippen LogP contribution in [0.5, 0.6) is 0 Å². The van der Waals surface area contributed by atoms with Crippen LogP contribution >= 0.6 is 0 Å². The van der Waals surface area contributed by atoms with Crippen LogP contribution in [-0.4, -0.2) is 87.2 Å². The van der Waals surface area contributed by atoms with Crippen molar-refractivity contribution in [3.05, 3.63) is 43.0 Å². The highest BCUT2D eigenvalue weighted by Crippen LogP contribution is 2.77. The van der Waals surface area contributed by atoms with Gasteiger partial charge in [0.15, 0.2) is 0 Å². The maximum absolute atomic E-state index is 13.4. The number of esters is 3. The Labute approximate surface area is 422 Å². The van der Waals surface area contributed by atoms with Crippen LogP contribution in [0.4, 0.5) is 0 Å². The molecule has 1 aromatic rings. The molecule has 14 atom stereocenters. The summed E-state index contributed by atoms with van der Waals surface area (Å²) in [5.74, 6) is -0.669. The third-order valence-corrected chi connectivity index (χ3v) is 20.1. The molecule has 72 heavy (non-hydrogen) atoms. The number of aliphatic hydroxyl groups is 1. The molecular formula is C53H80N6O13. The fraction of sp³-hybridized carbons (Fsp3) is 0.830. The highest BCUT2D eigenvalue weighted by Gasteiger charge is 2.71. The zero-order chi connectivity index (χ0) is 52.9. The monoisotopic (exact) mass is 1010 g/mol. The van der Waals surface area contributed by atoms with Gasteiger partial charge >= 0.3 is 29.6 Å². The predicted molar refractivity (Wildman–Crippen MR) is 262 cm³/mol. The van der Waals surface area contributed by atoms with Crippen LogP contribution in [0.25, 0.3) is 10.4 Å². The van der Waals surface area contributed by atoms with Gasteiger partial charge in [-0.25, -0.2) is 4.79 Å². The van der Waals surface area contributed by atoms with Gasteiger partial charge in [-0.2, -0.15) is 0 Å². The number of rotatable bonds is 17. The molecule has 4 N–H and O–H groups in total. The molecule has 400 valence electrons. The number of aliphatic hydroxyl groups excluding tert-OH is 1. The van der Waals surface area contributed by atoms with Crippen molar-refractivity contribution in [1.29, 1.82) is 0 Å². The zero-order valence-corrected chi connectivity index (χ0v) is 44.1. The van der Waals surface area contributed by atoms with Gasteiger partial charge in [0.25, 0.3) is 5.56 Å². The number of carboxylic acid groups (broad SMARTS) is 1. The number of aliphatic carboxylic acids is 1. The average Bonchev–Trinajstić information content (AvgIpc) is 3.91. The number of carboxylic acids is 1. The summed E-state index contributed by atoms with van der Waals surface area (Å²) in [6.07, 6.45) is 6.77. The second-order valence-corrected chi connectivity index (χ2v) is 24.9. The van der Waals surface area contributed by atoms with E-state index < -0.39 is 71.7 Å². The first-order valence-corrected chi connectivity index (χ1v) is 26.4. The quantitative estimate of drug-likeness (QED) is 0.0292. The number of H-pyrrole nitrogens is 1. The van der Waals surface area contributed by atoms with E-state index in [9.17, 15) is 43.8 Å². The van der Waals surface area contributed by atoms with Gasteiger partial charge in [0, 0.05) is 46.8 Å². The molecule has 1 unspecified atom stereocenters. The Morgan fingerprint density at radius 3 is 2.33 bits per heavy atom. The minimum absolute atomic E-state index is 0.0625. The molecule has 7 rings (SSSR count). The van der Waals surface area contributed by atoms with E-state index >= 15 is 0 Å². The Kier molecular flexibility index (Phi) is 15.7. The average molecular weight is 1010 g/mol. The van der Waals surface area contributed by atoms with Gasteiger partial charge in [0.1, 0.15) is 25.0 Å². The molecule has 0 spiro atoms. The molecule has 6 fully saturated rings. The fourth-order valence-corrected chi connectivity index (χ4v) is 15.8. The van der Waals surface area contributed by atoms with Crippen LogP contribution < -0.4 is 16.6 Å². The van der Waals surface area contributed by atoms with Crippen molar-refractivity contribution in [2.45, 2.75) is 196 Å². The summed E-state index contributed by atoms with van der Waals surface area (Å²) >= 11 is 0. The standard InChI is InChI=1S/C53H80N6O13/c1-29(2)31-15-22-53(28-69-39(61)14-13-37(60)55-26-41(63)72-45(65)43-33(57-58-54)25-38(71-43)59-27-30(3)44(64)56-47(59)68)24-23-51(9)32(42(31)53)11-12-35-50(8)20-17-36(49(6,7)34(50)16-21-52(35,51)10)70-40(62)18-19-48(4,5)46(66)67/h27,29,31-36,38,42-43,45,65H,11-26,28H2,1-10H3,(H,55,60)(H,66,67)(H,56,64,68)/t31-,32+,33-,34-,35+,36-,38+,42+,43-,45?,50-,51+,52+,53+/m0/s1. The molecule has 0 radical (unpaired) electrons. The lowest BCUT2D eigenvalue weighted by Gasteiger charge is -2.73. The number of fused-ring (bicyclic) bond motifs is 7. The summed E-state index contributed by atoms with van der Waals surface area (Å²) in [5.41, 5.74) is 6.79. The third-order valence-electron chi connectivity index (χ3n) is 20.1. The van der Waals surface area contributed by atoms with E-state index in [1.165, 1.54) is 13.1 Å². The SMILES string of the molecule is Cc1cn([C@H]2C[C@H](N=[N+]=[N-])[C@@H](C(O)OC(=O)CNC(=O)CCC(=O)OC[C@]34CC[C@@H](C(C)C)[C@@H]3[C@H]3CC[C@@H]5[C@@]6(C)CC[C@H](OC(=O)CCC(C)(C)C(=O)O)C(C)(C)[C@@H]6CC[C@@]5(C)[C@]3(C)CC4)O2)c(=O)[nH]c1=O. The number of ether oxygens (including phenoxy) is 4. The maximum atomic E-state index is 13.4. The number of carbonyl (C=O) groups excluding carboxylic acids is 4. The minimum atomic E-state index is -1.93. The molecular weight excluding hydrogens is 929 g/mol. The van der Waals surface area contributed by atoms with E-state index in [0.717, 1.165) is 68.8 Å². The van der Waals surface area contributed by atoms with Crippen molar-refractivity contribution in [3.8, 4) is 0 Å². The highest BCUT2D eigenvalue weighted by atomic mass is 16.7. The molecule has 1 saturated heterocycles. The predicted octanol–water partition coefficient (Wildman–Crippen LogP) is 7.65. The summed E-state index contributed by atoms with van der Waals surface area (Å²) in [6.45, 7) is 21.3. The lowest BCUT2D eigenvalue weighted by atomic mass is 9.32. The Hall–Kier alpha value is -4.74. The Morgan fingerprint density at radius 1 is 0.931 bits per heavy atom. The van der Waals surface area contributed by atoms with Crippen molar-refractivity contribution >= 4 is 29.8 Å². The zero-order valence-electron chi connectivity index (χ0n) is 44.1. The molecule has 1 aliphatic heterocycles. The van der Waals surface area contributed by atoms with Gasteiger partial charge in [-0.1, -0.05) is 53.6 Å². The van der Waals surface area contributed by atoms with Crippen molar-refractivity contribution in [2.24, 2.45) is 73.1 Å². The second-order valence-electron chi connectivity index (χ2n) is 24.9. The Bertz CT molecular complexity index is 2430. The highest BCUT2D eigenvalue weighted by molar-refractivity contribution is 5.84. The number of aromatic amines is 1. The number of nitrogens with one attached hydrogen (secondary N) is 2. The molecule has 1 aromatic heterocycles. The van der Waals surface area contributed by atoms with E-state index in [0.29, 0.717) is 42.1 Å². The van der Waals surface area contributed by atoms with Crippen LogP contribution in [0, 0.1) is 74.9 Å². The van der Waals surface area contributed by atoms with Crippen molar-refractivity contribution in [2.75, 3.05) is 13.2 Å². The molecule has 19 nitrogen and oxygen atoms in total. The molecule has 1 amide bonds. The smallest absolute Gasteiger partial charge is 0.330 e. The van der Waals surface area contributed by atoms with Gasteiger partial charge < -0.3 is 34.5 Å². The first kappa shape index (κ1) is 55.0. The number of hydrogen-bond acceptors (Lipinski definition) is 13. The molecule has 0 bridgehead atoms. The Morgan fingerprint density at radius 2 is 1.65 bits per heavy atom.